The molecule has 1 rings (SSSR count). The van der Waals surface area contributed by atoms with Gasteiger partial charge in [-0.3, -0.25) is 0 Å². The van der Waals surface area contributed by atoms with Gasteiger partial charge < -0.3 is 0 Å². The van der Waals surface area contributed by atoms with Gasteiger partial charge in [0, 0.05) is 11.4 Å². The first-order chi connectivity index (χ1) is 7.56. The van der Waals surface area contributed by atoms with Crippen molar-refractivity contribution in [1.29, 1.82) is 0 Å². The largest absolute Gasteiger partial charge is 0.215 e. The molecular formula is C11H22BrNO2S. The second kappa shape index (κ2) is 6.97. The van der Waals surface area contributed by atoms with Crippen molar-refractivity contribution in [3.8, 4) is 0 Å². The Labute approximate surface area is 108 Å². The predicted molar refractivity (Wildman–Crippen MR) is 71.4 cm³/mol. The fourth-order valence-corrected chi connectivity index (χ4v) is 3.88. The Morgan fingerprint density at radius 2 is 1.94 bits per heavy atom. The molecule has 0 heterocycles. The quantitative estimate of drug-likeness (QED) is 0.767. The molecule has 1 aliphatic rings. The Balaban J connectivity index is 2.33. The van der Waals surface area contributed by atoms with E-state index in [9.17, 15) is 8.42 Å². The van der Waals surface area contributed by atoms with Crippen LogP contribution < -0.4 is 4.72 Å². The van der Waals surface area contributed by atoms with Crippen LogP contribution in [-0.2, 0) is 10.0 Å². The highest BCUT2D eigenvalue weighted by Gasteiger charge is 2.26. The Kier molecular flexibility index (Phi) is 6.29. The Morgan fingerprint density at radius 3 is 2.50 bits per heavy atom. The summed E-state index contributed by atoms with van der Waals surface area (Å²) in [6, 6.07) is 0. The van der Waals surface area contributed by atoms with Crippen molar-refractivity contribution in [2.45, 2.75) is 61.9 Å². The molecule has 3 nitrogen and oxygen atoms in total. The van der Waals surface area contributed by atoms with Crippen LogP contribution in [0.2, 0.25) is 0 Å². The number of sulfonamides is 1. The van der Waals surface area contributed by atoms with Crippen LogP contribution in [0.4, 0.5) is 0 Å². The van der Waals surface area contributed by atoms with Gasteiger partial charge in [0.15, 0.2) is 0 Å². The normalized spacial score (nSPS) is 20.9. The highest BCUT2D eigenvalue weighted by atomic mass is 79.9. The minimum absolute atomic E-state index is 0.142. The van der Waals surface area contributed by atoms with E-state index in [1.54, 1.807) is 0 Å². The molecule has 1 unspecified atom stereocenters. The van der Waals surface area contributed by atoms with Gasteiger partial charge >= 0.3 is 0 Å². The summed E-state index contributed by atoms with van der Waals surface area (Å²) in [4.78, 5) is 0.418. The smallest absolute Gasteiger partial charge is 0.214 e. The van der Waals surface area contributed by atoms with Crippen molar-refractivity contribution in [3.63, 3.8) is 0 Å². The molecule has 0 amide bonds. The zero-order chi connectivity index (χ0) is 12.0. The lowest BCUT2D eigenvalue weighted by atomic mass is 10.0. The molecular weight excluding hydrogens is 290 g/mol. The number of hydrogen-bond acceptors (Lipinski definition) is 2. The minimum atomic E-state index is -3.06. The Hall–Kier alpha value is 0.390. The number of alkyl halides is 1. The fourth-order valence-electron chi connectivity index (χ4n) is 2.06. The van der Waals surface area contributed by atoms with Crippen molar-refractivity contribution in [3.05, 3.63) is 0 Å². The Bertz CT molecular complexity index is 286. The van der Waals surface area contributed by atoms with Crippen LogP contribution in [0.25, 0.3) is 0 Å². The van der Waals surface area contributed by atoms with Crippen LogP contribution in [0, 0.1) is 0 Å². The molecule has 0 aromatic carbocycles. The number of hydrogen-bond donors (Lipinski definition) is 1. The monoisotopic (exact) mass is 311 g/mol. The minimum Gasteiger partial charge on any atom is -0.215 e. The van der Waals surface area contributed by atoms with Gasteiger partial charge in [-0.2, -0.15) is 0 Å². The van der Waals surface area contributed by atoms with Gasteiger partial charge in [-0.25, -0.2) is 13.1 Å². The number of rotatable bonds is 6. The summed E-state index contributed by atoms with van der Waals surface area (Å²) < 4.78 is 26.6. The number of nitrogens with one attached hydrogen (secondary N) is 1. The van der Waals surface area contributed by atoms with E-state index in [1.807, 2.05) is 0 Å². The van der Waals surface area contributed by atoms with Crippen molar-refractivity contribution in [1.82, 2.24) is 4.72 Å². The van der Waals surface area contributed by atoms with E-state index in [2.05, 4.69) is 27.6 Å². The fraction of sp³-hybridized carbons (Fsp3) is 1.00. The van der Waals surface area contributed by atoms with Crippen LogP contribution >= 0.6 is 15.9 Å². The highest BCUT2D eigenvalue weighted by molar-refractivity contribution is 9.09. The van der Waals surface area contributed by atoms with Gasteiger partial charge in [-0.1, -0.05) is 42.1 Å². The van der Waals surface area contributed by atoms with E-state index in [1.165, 1.54) is 6.42 Å². The van der Waals surface area contributed by atoms with E-state index in [0.717, 1.165) is 38.5 Å². The first-order valence-corrected chi connectivity index (χ1v) is 8.65. The van der Waals surface area contributed by atoms with Gasteiger partial charge in [-0.15, -0.1) is 0 Å². The van der Waals surface area contributed by atoms with E-state index < -0.39 is 10.0 Å². The van der Waals surface area contributed by atoms with Gasteiger partial charge in [0.2, 0.25) is 10.0 Å². The summed E-state index contributed by atoms with van der Waals surface area (Å²) >= 11 is 3.51. The van der Waals surface area contributed by atoms with Gasteiger partial charge in [0.05, 0.1) is 5.25 Å². The lowest BCUT2D eigenvalue weighted by Gasteiger charge is -2.22. The van der Waals surface area contributed by atoms with E-state index in [0.29, 0.717) is 11.4 Å². The van der Waals surface area contributed by atoms with E-state index >= 15 is 0 Å². The molecule has 1 fully saturated rings. The van der Waals surface area contributed by atoms with E-state index in [-0.39, 0.29) is 5.25 Å². The third kappa shape index (κ3) is 4.72. The lowest BCUT2D eigenvalue weighted by molar-refractivity contribution is 0.477. The van der Waals surface area contributed by atoms with E-state index in [4.69, 9.17) is 0 Å². The van der Waals surface area contributed by atoms with Gasteiger partial charge in [-0.05, 0) is 25.7 Å². The molecule has 0 radical (unpaired) electrons. The number of halogens is 1. The molecule has 1 atom stereocenters. The van der Waals surface area contributed by atoms with Crippen LogP contribution in [-0.4, -0.2) is 25.0 Å². The summed E-state index contributed by atoms with van der Waals surface area (Å²) in [5.41, 5.74) is 0. The van der Waals surface area contributed by atoms with Gasteiger partial charge in [0.1, 0.15) is 0 Å². The zero-order valence-corrected chi connectivity index (χ0v) is 12.3. The maximum absolute atomic E-state index is 11.9. The first-order valence-electron chi connectivity index (χ1n) is 6.19. The van der Waals surface area contributed by atoms with Crippen LogP contribution in [0.1, 0.15) is 51.9 Å². The zero-order valence-electron chi connectivity index (χ0n) is 9.91. The molecule has 16 heavy (non-hydrogen) atoms. The average Bonchev–Trinajstić information content (AvgIpc) is 2.30. The highest BCUT2D eigenvalue weighted by Crippen LogP contribution is 2.23. The van der Waals surface area contributed by atoms with Crippen molar-refractivity contribution >= 4 is 26.0 Å². The maximum Gasteiger partial charge on any atom is 0.214 e. The third-order valence-electron chi connectivity index (χ3n) is 3.19. The molecule has 0 aliphatic heterocycles. The molecule has 1 N–H and O–H groups in total. The molecule has 0 saturated heterocycles. The molecule has 1 aliphatic carbocycles. The molecule has 1 saturated carbocycles. The van der Waals surface area contributed by atoms with Crippen molar-refractivity contribution in [2.24, 2.45) is 0 Å². The van der Waals surface area contributed by atoms with Crippen LogP contribution in [0.3, 0.4) is 0 Å². The van der Waals surface area contributed by atoms with Gasteiger partial charge in [0.25, 0.3) is 0 Å². The van der Waals surface area contributed by atoms with Crippen molar-refractivity contribution < 1.29 is 8.42 Å². The van der Waals surface area contributed by atoms with Crippen molar-refractivity contribution in [2.75, 3.05) is 6.54 Å². The third-order valence-corrected chi connectivity index (χ3v) is 6.26. The standard InChI is InChI=1S/C11H22BrNO2S/c1-2-10(12)8-9-13-16(14,15)11-6-4-3-5-7-11/h10-11,13H,2-9H2,1H3. The maximum atomic E-state index is 11.9. The summed E-state index contributed by atoms with van der Waals surface area (Å²) in [6.45, 7) is 2.65. The topological polar surface area (TPSA) is 46.2 Å². The Morgan fingerprint density at radius 1 is 1.31 bits per heavy atom. The molecule has 96 valence electrons. The second-order valence-electron chi connectivity index (χ2n) is 4.49. The average molecular weight is 312 g/mol. The molecule has 5 heteroatoms. The molecule has 0 bridgehead atoms. The van der Waals surface area contributed by atoms with Crippen LogP contribution in [0.15, 0.2) is 0 Å². The summed E-state index contributed by atoms with van der Waals surface area (Å²) in [6.07, 6.45) is 6.86. The summed E-state index contributed by atoms with van der Waals surface area (Å²) in [5, 5.41) is -0.142. The molecule has 0 aromatic rings. The second-order valence-corrected chi connectivity index (χ2v) is 7.83. The lowest BCUT2D eigenvalue weighted by Crippen LogP contribution is -2.36. The first kappa shape index (κ1) is 14.5. The summed E-state index contributed by atoms with van der Waals surface area (Å²) in [5.74, 6) is 0. The SMILES string of the molecule is CCC(Br)CCNS(=O)(=O)C1CCCCC1. The molecule has 0 spiro atoms. The molecule has 0 aromatic heterocycles. The predicted octanol–water partition coefficient (Wildman–Crippen LogP) is 2.80. The van der Waals surface area contributed by atoms with Crippen LogP contribution in [0.5, 0.6) is 0 Å². The summed E-state index contributed by atoms with van der Waals surface area (Å²) in [7, 11) is -3.06.